The fourth-order valence-corrected chi connectivity index (χ4v) is 3.58. The Morgan fingerprint density at radius 3 is 2.12 bits per heavy atom. The maximum absolute atomic E-state index is 13.4. The van der Waals surface area contributed by atoms with Crippen LogP contribution in [0.3, 0.4) is 0 Å². The van der Waals surface area contributed by atoms with Gasteiger partial charge < -0.3 is 15.0 Å². The molecule has 0 saturated carbocycles. The molecule has 0 aliphatic rings. The van der Waals surface area contributed by atoms with Crippen LogP contribution >= 0.6 is 11.6 Å². The van der Waals surface area contributed by atoms with E-state index in [-0.39, 0.29) is 18.4 Å². The summed E-state index contributed by atoms with van der Waals surface area (Å²) in [7, 11) is 0. The monoisotopic (exact) mass is 464 g/mol. The number of benzene rings is 3. The van der Waals surface area contributed by atoms with Gasteiger partial charge in [-0.1, -0.05) is 79.2 Å². The van der Waals surface area contributed by atoms with E-state index in [4.69, 9.17) is 16.3 Å². The van der Waals surface area contributed by atoms with E-state index in [1.165, 1.54) is 0 Å². The van der Waals surface area contributed by atoms with Crippen LogP contribution in [0.15, 0.2) is 84.9 Å². The molecule has 1 N–H and O–H groups in total. The third-order valence-corrected chi connectivity index (χ3v) is 5.44. The Morgan fingerprint density at radius 2 is 1.52 bits per heavy atom. The minimum atomic E-state index is -0.666. The van der Waals surface area contributed by atoms with Crippen molar-refractivity contribution in [1.82, 2.24) is 10.2 Å². The zero-order valence-electron chi connectivity index (χ0n) is 18.7. The first-order chi connectivity index (χ1) is 16.1. The number of rotatable bonds is 11. The summed E-state index contributed by atoms with van der Waals surface area (Å²) in [6.45, 7) is 2.68. The second-order valence-corrected chi connectivity index (χ2v) is 8.18. The Bertz CT molecular complexity index is 1010. The van der Waals surface area contributed by atoms with E-state index in [0.29, 0.717) is 30.3 Å². The van der Waals surface area contributed by atoms with Gasteiger partial charge in [-0.15, -0.1) is 0 Å². The fraction of sp³-hybridized carbons (Fsp3) is 0.259. The van der Waals surface area contributed by atoms with Crippen LogP contribution < -0.4 is 10.1 Å². The van der Waals surface area contributed by atoms with E-state index in [2.05, 4.69) is 5.32 Å². The molecule has 1 unspecified atom stereocenters. The molecule has 0 saturated heterocycles. The quantitative estimate of drug-likeness (QED) is 0.439. The SMILES string of the molecule is CCCNC(=O)C(Cc1ccccc1)N(Cc1ccccc1)C(=O)COc1ccc(Cl)cc1. The van der Waals surface area contributed by atoms with E-state index in [1.807, 2.05) is 67.6 Å². The number of halogens is 1. The molecule has 0 heterocycles. The van der Waals surface area contributed by atoms with Gasteiger partial charge in [0.05, 0.1) is 0 Å². The van der Waals surface area contributed by atoms with Crippen molar-refractivity contribution >= 4 is 23.4 Å². The molecule has 0 radical (unpaired) electrons. The molecule has 0 bridgehead atoms. The van der Waals surface area contributed by atoms with E-state index < -0.39 is 6.04 Å². The van der Waals surface area contributed by atoms with Crippen molar-refractivity contribution in [2.75, 3.05) is 13.2 Å². The minimum Gasteiger partial charge on any atom is -0.484 e. The van der Waals surface area contributed by atoms with Crippen molar-refractivity contribution < 1.29 is 14.3 Å². The molecule has 0 aromatic heterocycles. The fourth-order valence-electron chi connectivity index (χ4n) is 3.46. The third kappa shape index (κ3) is 7.65. The molecule has 0 spiro atoms. The molecule has 6 heteroatoms. The van der Waals surface area contributed by atoms with Crippen molar-refractivity contribution in [2.45, 2.75) is 32.4 Å². The zero-order chi connectivity index (χ0) is 23.5. The summed E-state index contributed by atoms with van der Waals surface area (Å²) in [6, 6.07) is 25.6. The van der Waals surface area contributed by atoms with Crippen LogP contribution in [0.5, 0.6) is 5.75 Å². The smallest absolute Gasteiger partial charge is 0.261 e. The van der Waals surface area contributed by atoms with E-state index >= 15 is 0 Å². The van der Waals surface area contributed by atoms with Gasteiger partial charge >= 0.3 is 0 Å². The molecule has 0 fully saturated rings. The van der Waals surface area contributed by atoms with Gasteiger partial charge in [-0.2, -0.15) is 0 Å². The topological polar surface area (TPSA) is 58.6 Å². The molecule has 3 rings (SSSR count). The van der Waals surface area contributed by atoms with Crippen molar-refractivity contribution in [3.63, 3.8) is 0 Å². The van der Waals surface area contributed by atoms with E-state index in [0.717, 1.165) is 17.5 Å². The lowest BCUT2D eigenvalue weighted by atomic mass is 10.0. The highest BCUT2D eigenvalue weighted by atomic mass is 35.5. The normalized spacial score (nSPS) is 11.5. The number of carbonyl (C=O) groups excluding carboxylic acids is 2. The van der Waals surface area contributed by atoms with E-state index in [1.54, 1.807) is 29.2 Å². The number of ether oxygens (including phenoxy) is 1. The van der Waals surface area contributed by atoms with Gasteiger partial charge in [-0.05, 0) is 41.8 Å². The first-order valence-corrected chi connectivity index (χ1v) is 11.5. The Kier molecular flexibility index (Phi) is 9.33. The Balaban J connectivity index is 1.85. The van der Waals surface area contributed by atoms with E-state index in [9.17, 15) is 9.59 Å². The molecule has 5 nitrogen and oxygen atoms in total. The predicted molar refractivity (Wildman–Crippen MR) is 131 cm³/mol. The lowest BCUT2D eigenvalue weighted by Crippen LogP contribution is -2.51. The lowest BCUT2D eigenvalue weighted by Gasteiger charge is -2.31. The predicted octanol–water partition coefficient (Wildman–Crippen LogP) is 4.89. The van der Waals surface area contributed by atoms with Crippen molar-refractivity contribution in [3.05, 3.63) is 101 Å². The van der Waals surface area contributed by atoms with Crippen LogP contribution in [0, 0.1) is 0 Å². The lowest BCUT2D eigenvalue weighted by molar-refractivity contribution is -0.142. The van der Waals surface area contributed by atoms with Gasteiger partial charge in [-0.25, -0.2) is 0 Å². The molecule has 2 amide bonds. The van der Waals surface area contributed by atoms with Gasteiger partial charge in [0.25, 0.3) is 5.91 Å². The summed E-state index contributed by atoms with van der Waals surface area (Å²) in [5.41, 5.74) is 1.93. The minimum absolute atomic E-state index is 0.170. The second-order valence-electron chi connectivity index (χ2n) is 7.75. The molecular weight excluding hydrogens is 436 g/mol. The summed E-state index contributed by atoms with van der Waals surface area (Å²) in [6.07, 6.45) is 1.23. The van der Waals surface area contributed by atoms with Crippen molar-refractivity contribution in [2.24, 2.45) is 0 Å². The summed E-state index contributed by atoms with van der Waals surface area (Å²) < 4.78 is 5.72. The second kappa shape index (κ2) is 12.7. The average Bonchev–Trinajstić information content (AvgIpc) is 2.85. The highest BCUT2D eigenvalue weighted by Crippen LogP contribution is 2.18. The number of hydrogen-bond acceptors (Lipinski definition) is 3. The molecule has 3 aromatic carbocycles. The van der Waals surface area contributed by atoms with Crippen molar-refractivity contribution in [1.29, 1.82) is 0 Å². The number of hydrogen-bond donors (Lipinski definition) is 1. The van der Waals surface area contributed by atoms with Gasteiger partial charge in [0.2, 0.25) is 5.91 Å². The first kappa shape index (κ1) is 24.3. The average molecular weight is 465 g/mol. The number of amides is 2. The Morgan fingerprint density at radius 1 is 0.909 bits per heavy atom. The van der Waals surface area contributed by atoms with Crippen LogP contribution in [0.1, 0.15) is 24.5 Å². The first-order valence-electron chi connectivity index (χ1n) is 11.1. The molecule has 172 valence electrons. The van der Waals surface area contributed by atoms with Crippen LogP contribution in [-0.4, -0.2) is 35.9 Å². The maximum atomic E-state index is 13.4. The maximum Gasteiger partial charge on any atom is 0.261 e. The largest absolute Gasteiger partial charge is 0.484 e. The molecule has 33 heavy (non-hydrogen) atoms. The van der Waals surface area contributed by atoms with Crippen LogP contribution in [0.25, 0.3) is 0 Å². The van der Waals surface area contributed by atoms with Crippen molar-refractivity contribution in [3.8, 4) is 5.75 Å². The Labute approximate surface area is 200 Å². The highest BCUT2D eigenvalue weighted by Gasteiger charge is 2.30. The number of carbonyl (C=O) groups is 2. The number of nitrogens with zero attached hydrogens (tertiary/aromatic N) is 1. The summed E-state index contributed by atoms with van der Waals surface area (Å²) in [5, 5.41) is 3.56. The van der Waals surface area contributed by atoms with Gasteiger partial charge in [-0.3, -0.25) is 9.59 Å². The third-order valence-electron chi connectivity index (χ3n) is 5.19. The summed E-state index contributed by atoms with van der Waals surface area (Å²) >= 11 is 5.93. The number of nitrogens with one attached hydrogen (secondary N) is 1. The molecular formula is C27H29ClN2O3. The van der Waals surface area contributed by atoms with Gasteiger partial charge in [0.1, 0.15) is 11.8 Å². The van der Waals surface area contributed by atoms with Gasteiger partial charge in [0.15, 0.2) is 6.61 Å². The molecule has 0 aliphatic carbocycles. The van der Waals surface area contributed by atoms with Crippen LogP contribution in [-0.2, 0) is 22.6 Å². The molecule has 1 atom stereocenters. The van der Waals surface area contributed by atoms with Crippen LogP contribution in [0.4, 0.5) is 0 Å². The standard InChI is InChI=1S/C27H29ClN2O3/c1-2-17-29-27(32)25(18-21-9-5-3-6-10-21)30(19-22-11-7-4-8-12-22)26(31)20-33-24-15-13-23(28)14-16-24/h3-16,25H,2,17-20H2,1H3,(H,29,32). The zero-order valence-corrected chi connectivity index (χ0v) is 19.5. The molecule has 0 aliphatic heterocycles. The highest BCUT2D eigenvalue weighted by molar-refractivity contribution is 6.30. The molecule has 3 aromatic rings. The Hall–Kier alpha value is -3.31. The summed E-state index contributed by atoms with van der Waals surface area (Å²) in [5.74, 6) is 0.111. The van der Waals surface area contributed by atoms with Crippen LogP contribution in [0.2, 0.25) is 5.02 Å². The summed E-state index contributed by atoms with van der Waals surface area (Å²) in [4.78, 5) is 28.2. The van der Waals surface area contributed by atoms with Gasteiger partial charge in [0, 0.05) is 24.5 Å².